The molecule has 0 saturated carbocycles. The van der Waals surface area contributed by atoms with E-state index in [4.69, 9.17) is 0 Å². The van der Waals surface area contributed by atoms with E-state index < -0.39 is 21.7 Å². The Morgan fingerprint density at radius 3 is 2.25 bits per heavy atom. The highest BCUT2D eigenvalue weighted by atomic mass is 32.2. The van der Waals surface area contributed by atoms with Crippen molar-refractivity contribution in [2.24, 2.45) is 0 Å². The van der Waals surface area contributed by atoms with Crippen LogP contribution in [0.25, 0.3) is 0 Å². The van der Waals surface area contributed by atoms with Gasteiger partial charge in [-0.3, -0.25) is 4.90 Å². The summed E-state index contributed by atoms with van der Waals surface area (Å²) in [5, 5.41) is 0. The molecule has 4 nitrogen and oxygen atoms in total. The van der Waals surface area contributed by atoms with Crippen molar-refractivity contribution >= 4 is 10.0 Å². The van der Waals surface area contributed by atoms with Crippen LogP contribution in [-0.2, 0) is 10.0 Å². The summed E-state index contributed by atoms with van der Waals surface area (Å²) in [5.74, 6) is 0. The monoisotopic (exact) mass is 256 g/mol. The summed E-state index contributed by atoms with van der Waals surface area (Å²) in [4.78, 5) is 1.36. The van der Waals surface area contributed by atoms with Gasteiger partial charge in [0.15, 0.2) is 0 Å². The van der Waals surface area contributed by atoms with Crippen molar-refractivity contribution in [2.45, 2.75) is 11.7 Å². The Morgan fingerprint density at radius 1 is 1.25 bits per heavy atom. The van der Waals surface area contributed by atoms with Crippen LogP contribution in [0.2, 0.25) is 0 Å². The van der Waals surface area contributed by atoms with E-state index >= 15 is 0 Å². The molecule has 0 saturated heterocycles. The number of hydrogen-bond acceptors (Lipinski definition) is 3. The number of rotatable bonds is 2. The zero-order valence-electron chi connectivity index (χ0n) is 8.64. The number of halogens is 3. The molecule has 92 valence electrons. The molecule has 0 spiro atoms. The molecule has 0 aromatic heterocycles. The van der Waals surface area contributed by atoms with Crippen LogP contribution >= 0.6 is 0 Å². The Bertz CT molecular complexity index is 411. The molecule has 0 aliphatic carbocycles. The minimum atomic E-state index is -5.34. The Morgan fingerprint density at radius 2 is 1.81 bits per heavy atom. The summed E-state index contributed by atoms with van der Waals surface area (Å²) in [5.41, 5.74) is -5.29. The van der Waals surface area contributed by atoms with Gasteiger partial charge in [0.25, 0.3) is 0 Å². The van der Waals surface area contributed by atoms with Crippen LogP contribution in [-0.4, -0.2) is 43.4 Å². The SMILES string of the molecule is CN(C)C1C=CC=CN1S(=O)(=O)C(F)(F)F. The zero-order valence-corrected chi connectivity index (χ0v) is 9.46. The summed E-state index contributed by atoms with van der Waals surface area (Å²) < 4.78 is 59.8. The lowest BCUT2D eigenvalue weighted by molar-refractivity contribution is -0.0495. The fourth-order valence-electron chi connectivity index (χ4n) is 1.21. The van der Waals surface area contributed by atoms with Crippen LogP contribution in [0, 0.1) is 0 Å². The molecule has 0 N–H and O–H groups in total. The van der Waals surface area contributed by atoms with E-state index in [0.717, 1.165) is 6.20 Å². The molecule has 0 fully saturated rings. The molecular formula is C8H11F3N2O2S. The van der Waals surface area contributed by atoms with Crippen molar-refractivity contribution in [1.82, 2.24) is 9.21 Å². The van der Waals surface area contributed by atoms with Gasteiger partial charge in [-0.25, -0.2) is 4.31 Å². The first-order chi connectivity index (χ1) is 7.18. The molecule has 8 heteroatoms. The Labute approximate surface area is 91.7 Å². The standard InChI is InChI=1S/C8H11F3N2O2S/c1-12(2)7-5-3-4-6-13(7)16(14,15)8(9,10)11/h3-7H,1-2H3. The van der Waals surface area contributed by atoms with E-state index in [1.165, 1.54) is 37.2 Å². The van der Waals surface area contributed by atoms with E-state index in [1.807, 2.05) is 0 Å². The minimum Gasteiger partial charge on any atom is -0.285 e. The normalized spacial score (nSPS) is 21.9. The first-order valence-electron chi connectivity index (χ1n) is 4.29. The molecule has 0 radical (unpaired) electrons. The first kappa shape index (κ1) is 13.0. The van der Waals surface area contributed by atoms with Crippen LogP contribution in [0.15, 0.2) is 24.4 Å². The van der Waals surface area contributed by atoms with Gasteiger partial charge in [0, 0.05) is 6.20 Å². The topological polar surface area (TPSA) is 40.6 Å². The predicted octanol–water partition coefficient (Wildman–Crippen LogP) is 1.11. The average molecular weight is 256 g/mol. The maximum absolute atomic E-state index is 12.3. The van der Waals surface area contributed by atoms with Crippen LogP contribution in [0.3, 0.4) is 0 Å². The van der Waals surface area contributed by atoms with Gasteiger partial charge in [-0.1, -0.05) is 6.08 Å². The number of hydrogen-bond donors (Lipinski definition) is 0. The highest BCUT2D eigenvalue weighted by Gasteiger charge is 2.51. The quantitative estimate of drug-likeness (QED) is 0.743. The second-order valence-corrected chi connectivity index (χ2v) is 5.22. The molecule has 1 rings (SSSR count). The molecule has 0 aromatic rings. The zero-order chi connectivity index (χ0) is 12.6. The molecule has 0 bridgehead atoms. The predicted molar refractivity (Wildman–Crippen MR) is 52.6 cm³/mol. The van der Waals surface area contributed by atoms with Crippen LogP contribution < -0.4 is 0 Å². The summed E-state index contributed by atoms with van der Waals surface area (Å²) in [7, 11) is -2.35. The van der Waals surface area contributed by atoms with Gasteiger partial charge < -0.3 is 0 Å². The van der Waals surface area contributed by atoms with E-state index in [0.29, 0.717) is 0 Å². The van der Waals surface area contributed by atoms with Crippen molar-refractivity contribution in [3.05, 3.63) is 24.4 Å². The molecule has 1 aliphatic rings. The molecule has 1 heterocycles. The van der Waals surface area contributed by atoms with E-state index in [9.17, 15) is 21.6 Å². The first-order valence-corrected chi connectivity index (χ1v) is 5.73. The Balaban J connectivity index is 3.13. The number of likely N-dealkylation sites (N-methyl/N-ethyl adjacent to an activating group) is 1. The van der Waals surface area contributed by atoms with Crippen molar-refractivity contribution < 1.29 is 21.6 Å². The molecule has 0 amide bonds. The van der Waals surface area contributed by atoms with Crippen LogP contribution in [0.1, 0.15) is 0 Å². The van der Waals surface area contributed by atoms with E-state index in [2.05, 4.69) is 0 Å². The van der Waals surface area contributed by atoms with Gasteiger partial charge in [0.05, 0.1) is 0 Å². The smallest absolute Gasteiger partial charge is 0.285 e. The number of alkyl halides is 3. The van der Waals surface area contributed by atoms with Gasteiger partial charge in [-0.2, -0.15) is 21.6 Å². The third-order valence-corrected chi connectivity index (χ3v) is 3.46. The maximum Gasteiger partial charge on any atom is 0.516 e. The molecule has 1 unspecified atom stereocenters. The number of sulfonamides is 1. The van der Waals surface area contributed by atoms with Crippen LogP contribution in [0.5, 0.6) is 0 Å². The Kier molecular flexibility index (Phi) is 3.34. The largest absolute Gasteiger partial charge is 0.516 e. The third kappa shape index (κ3) is 2.22. The molecule has 1 atom stereocenters. The second-order valence-electron chi connectivity index (χ2n) is 3.38. The van der Waals surface area contributed by atoms with E-state index in [1.54, 1.807) is 0 Å². The summed E-state index contributed by atoms with van der Waals surface area (Å²) in [6, 6.07) is 0. The van der Waals surface area contributed by atoms with Gasteiger partial charge in [-0.15, -0.1) is 0 Å². The van der Waals surface area contributed by atoms with Gasteiger partial charge in [0.2, 0.25) is 0 Å². The van der Waals surface area contributed by atoms with Gasteiger partial charge >= 0.3 is 15.5 Å². The number of nitrogens with zero attached hydrogens (tertiary/aromatic N) is 2. The van der Waals surface area contributed by atoms with Crippen LogP contribution in [0.4, 0.5) is 13.2 Å². The highest BCUT2D eigenvalue weighted by Crippen LogP contribution is 2.30. The maximum atomic E-state index is 12.3. The Hall–Kier alpha value is -1.02. The third-order valence-electron chi connectivity index (χ3n) is 1.99. The number of allylic oxidation sites excluding steroid dienone is 2. The second kappa shape index (κ2) is 4.10. The van der Waals surface area contributed by atoms with Gasteiger partial charge in [0.1, 0.15) is 6.17 Å². The lowest BCUT2D eigenvalue weighted by atomic mass is 10.3. The summed E-state index contributed by atoms with van der Waals surface area (Å²) in [6.45, 7) is 0. The fraction of sp³-hybridized carbons (Fsp3) is 0.500. The molecule has 16 heavy (non-hydrogen) atoms. The lowest BCUT2D eigenvalue weighted by Gasteiger charge is -2.33. The molecule has 1 aliphatic heterocycles. The molecular weight excluding hydrogens is 245 g/mol. The lowest BCUT2D eigenvalue weighted by Crippen LogP contribution is -2.49. The minimum absolute atomic E-state index is 0.285. The van der Waals surface area contributed by atoms with Crippen molar-refractivity contribution in [3.63, 3.8) is 0 Å². The van der Waals surface area contributed by atoms with E-state index in [-0.39, 0.29) is 4.31 Å². The molecule has 0 aromatic carbocycles. The highest BCUT2D eigenvalue weighted by molar-refractivity contribution is 7.90. The van der Waals surface area contributed by atoms with Crippen molar-refractivity contribution in [3.8, 4) is 0 Å². The summed E-state index contributed by atoms with van der Waals surface area (Å²) in [6.07, 6.45) is 4.03. The fourth-order valence-corrected chi connectivity index (χ4v) is 2.23. The summed E-state index contributed by atoms with van der Waals surface area (Å²) >= 11 is 0. The van der Waals surface area contributed by atoms with Crippen molar-refractivity contribution in [2.75, 3.05) is 14.1 Å². The van der Waals surface area contributed by atoms with Gasteiger partial charge in [-0.05, 0) is 26.2 Å². The average Bonchev–Trinajstić information content (AvgIpc) is 2.16. The van der Waals surface area contributed by atoms with Crippen molar-refractivity contribution in [1.29, 1.82) is 0 Å².